The molecule has 1 aliphatic carbocycles. The van der Waals surface area contributed by atoms with E-state index in [0.29, 0.717) is 11.9 Å². The molecule has 0 aliphatic heterocycles. The monoisotopic (exact) mass is 253 g/mol. The van der Waals surface area contributed by atoms with Crippen molar-refractivity contribution in [2.24, 2.45) is 5.92 Å². The van der Waals surface area contributed by atoms with Gasteiger partial charge in [-0.1, -0.05) is 19.3 Å². The maximum absolute atomic E-state index is 5.72. The number of nitrogens with zero attached hydrogens (tertiary/aromatic N) is 2. The van der Waals surface area contributed by atoms with Crippen molar-refractivity contribution in [3.05, 3.63) is 5.38 Å². The van der Waals surface area contributed by atoms with E-state index in [2.05, 4.69) is 23.7 Å². The standard InChI is InChI=1S/C13H23N3S/c1-10(2)16(13-15-12(14)9-17-13)8-11-6-4-3-5-7-11/h9-11H,3-8,14H2,1-2H3. The second-order valence-electron chi connectivity index (χ2n) is 5.31. The van der Waals surface area contributed by atoms with E-state index in [0.717, 1.165) is 17.6 Å². The van der Waals surface area contributed by atoms with Crippen LogP contribution in [0.1, 0.15) is 46.0 Å². The molecule has 0 radical (unpaired) electrons. The summed E-state index contributed by atoms with van der Waals surface area (Å²) in [5, 5.41) is 3.02. The van der Waals surface area contributed by atoms with Gasteiger partial charge in [0.05, 0.1) is 0 Å². The summed E-state index contributed by atoms with van der Waals surface area (Å²) >= 11 is 1.66. The summed E-state index contributed by atoms with van der Waals surface area (Å²) in [5.74, 6) is 1.50. The van der Waals surface area contributed by atoms with Crippen LogP contribution >= 0.6 is 11.3 Å². The predicted molar refractivity (Wildman–Crippen MR) is 75.6 cm³/mol. The Morgan fingerprint density at radius 2 is 2.12 bits per heavy atom. The normalized spacial score (nSPS) is 17.6. The van der Waals surface area contributed by atoms with Crippen LogP contribution in [0.15, 0.2) is 5.38 Å². The molecule has 2 N–H and O–H groups in total. The highest BCUT2D eigenvalue weighted by molar-refractivity contribution is 7.14. The molecular weight excluding hydrogens is 230 g/mol. The number of nitrogen functional groups attached to an aromatic ring is 1. The zero-order valence-corrected chi connectivity index (χ0v) is 11.7. The second-order valence-corrected chi connectivity index (χ2v) is 6.14. The Morgan fingerprint density at radius 3 is 2.65 bits per heavy atom. The first-order chi connectivity index (χ1) is 8.16. The summed E-state index contributed by atoms with van der Waals surface area (Å²) < 4.78 is 0. The molecule has 1 aromatic rings. The van der Waals surface area contributed by atoms with Gasteiger partial charge < -0.3 is 10.6 Å². The van der Waals surface area contributed by atoms with Crippen molar-refractivity contribution in [2.75, 3.05) is 17.2 Å². The molecule has 0 aromatic carbocycles. The Labute approximate surface area is 108 Å². The summed E-state index contributed by atoms with van der Waals surface area (Å²) in [6, 6.07) is 0.502. The number of hydrogen-bond donors (Lipinski definition) is 1. The summed E-state index contributed by atoms with van der Waals surface area (Å²) in [4.78, 5) is 6.83. The van der Waals surface area contributed by atoms with Crippen LogP contribution in [-0.2, 0) is 0 Å². The van der Waals surface area contributed by atoms with Gasteiger partial charge in [-0.15, -0.1) is 11.3 Å². The maximum atomic E-state index is 5.72. The van der Waals surface area contributed by atoms with Crippen molar-refractivity contribution < 1.29 is 0 Å². The van der Waals surface area contributed by atoms with Gasteiger partial charge in [-0.25, -0.2) is 4.98 Å². The third-order valence-electron chi connectivity index (χ3n) is 3.56. The lowest BCUT2D eigenvalue weighted by Crippen LogP contribution is -2.36. The first-order valence-electron chi connectivity index (χ1n) is 6.64. The van der Waals surface area contributed by atoms with Gasteiger partial charge in [-0.3, -0.25) is 0 Å². The van der Waals surface area contributed by atoms with Crippen LogP contribution in [0.25, 0.3) is 0 Å². The molecule has 2 rings (SSSR count). The summed E-state index contributed by atoms with van der Waals surface area (Å²) in [5.41, 5.74) is 5.72. The molecule has 96 valence electrons. The van der Waals surface area contributed by atoms with Crippen LogP contribution < -0.4 is 10.6 Å². The van der Waals surface area contributed by atoms with Crippen LogP contribution in [0, 0.1) is 5.92 Å². The Bertz CT molecular complexity index is 342. The largest absolute Gasteiger partial charge is 0.383 e. The lowest BCUT2D eigenvalue weighted by Gasteiger charge is -2.32. The average Bonchev–Trinajstić information content (AvgIpc) is 2.73. The van der Waals surface area contributed by atoms with Crippen LogP contribution in [0.4, 0.5) is 10.9 Å². The summed E-state index contributed by atoms with van der Waals surface area (Å²) in [7, 11) is 0. The number of thiazole rings is 1. The molecule has 0 bridgehead atoms. The van der Waals surface area contributed by atoms with E-state index in [-0.39, 0.29) is 0 Å². The number of rotatable bonds is 4. The minimum absolute atomic E-state index is 0.502. The van der Waals surface area contributed by atoms with E-state index in [1.165, 1.54) is 32.1 Å². The second kappa shape index (κ2) is 5.71. The van der Waals surface area contributed by atoms with Crippen molar-refractivity contribution in [1.82, 2.24) is 4.98 Å². The minimum Gasteiger partial charge on any atom is -0.383 e. The zero-order chi connectivity index (χ0) is 12.3. The van der Waals surface area contributed by atoms with E-state index in [1.54, 1.807) is 11.3 Å². The third-order valence-corrected chi connectivity index (χ3v) is 4.45. The van der Waals surface area contributed by atoms with Crippen molar-refractivity contribution in [1.29, 1.82) is 0 Å². The molecule has 0 amide bonds. The zero-order valence-electron chi connectivity index (χ0n) is 10.9. The lowest BCUT2D eigenvalue weighted by atomic mass is 9.89. The molecule has 4 heteroatoms. The fourth-order valence-electron chi connectivity index (χ4n) is 2.57. The van der Waals surface area contributed by atoms with Crippen molar-refractivity contribution in [3.63, 3.8) is 0 Å². The predicted octanol–water partition coefficient (Wildman–Crippen LogP) is 3.52. The van der Waals surface area contributed by atoms with E-state index in [9.17, 15) is 0 Å². The third kappa shape index (κ3) is 3.35. The first-order valence-corrected chi connectivity index (χ1v) is 7.52. The molecule has 3 nitrogen and oxygen atoms in total. The smallest absolute Gasteiger partial charge is 0.187 e. The molecule has 0 atom stereocenters. The molecular formula is C13H23N3S. The molecule has 1 saturated carbocycles. The molecule has 1 aliphatic rings. The Hall–Kier alpha value is -0.770. The summed E-state index contributed by atoms with van der Waals surface area (Å²) in [6.07, 6.45) is 6.98. The van der Waals surface area contributed by atoms with Gasteiger partial charge in [-0.2, -0.15) is 0 Å². The molecule has 1 heterocycles. The number of anilines is 2. The van der Waals surface area contributed by atoms with E-state index < -0.39 is 0 Å². The van der Waals surface area contributed by atoms with E-state index in [4.69, 9.17) is 5.73 Å². The summed E-state index contributed by atoms with van der Waals surface area (Å²) in [6.45, 7) is 5.62. The quantitative estimate of drug-likeness (QED) is 0.892. The van der Waals surface area contributed by atoms with E-state index >= 15 is 0 Å². The van der Waals surface area contributed by atoms with Gasteiger partial charge in [0.15, 0.2) is 5.13 Å². The SMILES string of the molecule is CC(C)N(CC1CCCCC1)c1nc(N)cs1. The van der Waals surface area contributed by atoms with Crippen LogP contribution in [0.3, 0.4) is 0 Å². The maximum Gasteiger partial charge on any atom is 0.187 e. The van der Waals surface area contributed by atoms with Crippen LogP contribution in [-0.4, -0.2) is 17.6 Å². The van der Waals surface area contributed by atoms with Gasteiger partial charge in [0.1, 0.15) is 5.82 Å². The van der Waals surface area contributed by atoms with Crippen molar-refractivity contribution in [3.8, 4) is 0 Å². The topological polar surface area (TPSA) is 42.2 Å². The molecule has 0 unspecified atom stereocenters. The number of hydrogen-bond acceptors (Lipinski definition) is 4. The fourth-order valence-corrected chi connectivity index (χ4v) is 3.42. The van der Waals surface area contributed by atoms with Gasteiger partial charge in [0, 0.05) is 18.0 Å². The highest BCUT2D eigenvalue weighted by atomic mass is 32.1. The van der Waals surface area contributed by atoms with Crippen molar-refractivity contribution >= 4 is 22.3 Å². The molecule has 0 spiro atoms. The highest BCUT2D eigenvalue weighted by Crippen LogP contribution is 2.29. The van der Waals surface area contributed by atoms with Crippen molar-refractivity contribution in [2.45, 2.75) is 52.0 Å². The van der Waals surface area contributed by atoms with Gasteiger partial charge in [0.2, 0.25) is 0 Å². The van der Waals surface area contributed by atoms with Gasteiger partial charge >= 0.3 is 0 Å². The van der Waals surface area contributed by atoms with Gasteiger partial charge in [0.25, 0.3) is 0 Å². The van der Waals surface area contributed by atoms with Crippen LogP contribution in [0.2, 0.25) is 0 Å². The average molecular weight is 253 g/mol. The Kier molecular flexibility index (Phi) is 4.26. The molecule has 17 heavy (non-hydrogen) atoms. The fraction of sp³-hybridized carbons (Fsp3) is 0.769. The van der Waals surface area contributed by atoms with Crippen LogP contribution in [0.5, 0.6) is 0 Å². The Balaban J connectivity index is 2.01. The molecule has 1 fully saturated rings. The lowest BCUT2D eigenvalue weighted by molar-refractivity contribution is 0.353. The number of nitrogens with two attached hydrogens (primary N) is 1. The highest BCUT2D eigenvalue weighted by Gasteiger charge is 2.21. The van der Waals surface area contributed by atoms with Gasteiger partial charge in [-0.05, 0) is 32.6 Å². The minimum atomic E-state index is 0.502. The molecule has 0 saturated heterocycles. The number of aromatic nitrogens is 1. The first kappa shape index (κ1) is 12.7. The molecule has 1 aromatic heterocycles. The van der Waals surface area contributed by atoms with E-state index in [1.807, 2.05) is 5.38 Å². The Morgan fingerprint density at radius 1 is 1.41 bits per heavy atom.